The molecule has 2 bridgehead atoms. The largest absolute Gasteiger partial charge is 0.474 e. The van der Waals surface area contributed by atoms with Gasteiger partial charge in [0.1, 0.15) is 13.3 Å². The lowest BCUT2D eigenvalue weighted by Gasteiger charge is -2.62. The number of ether oxygens (including phenoxy) is 1. The van der Waals surface area contributed by atoms with Crippen LogP contribution in [0.5, 0.6) is 5.88 Å². The topological polar surface area (TPSA) is 92.4 Å². The number of benzene rings is 2. The minimum atomic E-state index is -0.433. The monoisotopic (exact) mass is 612 g/mol. The van der Waals surface area contributed by atoms with E-state index in [0.717, 1.165) is 27.3 Å². The van der Waals surface area contributed by atoms with Gasteiger partial charge in [-0.25, -0.2) is 4.68 Å². The van der Waals surface area contributed by atoms with Crippen LogP contribution < -0.4 is 15.5 Å². The van der Waals surface area contributed by atoms with Crippen LogP contribution >= 0.6 is 15.9 Å². The smallest absolute Gasteiger partial charge is 0.256 e. The summed E-state index contributed by atoms with van der Waals surface area (Å²) in [4.78, 5) is 39.5. The summed E-state index contributed by atoms with van der Waals surface area (Å²) in [7, 11) is 0. The Morgan fingerprint density at radius 1 is 1.05 bits per heavy atom. The fourth-order valence-corrected chi connectivity index (χ4v) is 7.79. The molecule has 9 rings (SSSR count). The molecule has 1 atom stereocenters. The Hall–Kier alpha value is -3.79. The first kappa shape index (κ1) is 25.0. The van der Waals surface area contributed by atoms with Crippen molar-refractivity contribution < 1.29 is 14.3 Å². The van der Waals surface area contributed by atoms with Crippen molar-refractivity contribution in [2.24, 2.45) is 15.9 Å². The highest BCUT2D eigenvalue weighted by Gasteiger charge is 2.57. The van der Waals surface area contributed by atoms with Crippen molar-refractivity contribution in [2.45, 2.75) is 37.1 Å². The molecule has 3 saturated carbocycles. The number of carbonyl (C=O) groups excluding carboxylic acids is 2. The zero-order valence-electron chi connectivity index (χ0n) is 22.6. The molecule has 9 nitrogen and oxygen atoms in total. The van der Waals surface area contributed by atoms with Crippen molar-refractivity contribution in [3.05, 3.63) is 86.6 Å². The van der Waals surface area contributed by atoms with Crippen molar-refractivity contribution in [2.75, 3.05) is 32.9 Å². The van der Waals surface area contributed by atoms with E-state index in [9.17, 15) is 9.59 Å². The summed E-state index contributed by atoms with van der Waals surface area (Å²) < 4.78 is 8.99. The molecule has 3 aromatic rings. The third-order valence-corrected chi connectivity index (χ3v) is 10.2. The number of carbonyl (C=O) groups is 2. The van der Waals surface area contributed by atoms with Gasteiger partial charge in [-0.2, -0.15) is 0 Å². The Morgan fingerprint density at radius 2 is 1.83 bits per heavy atom. The van der Waals surface area contributed by atoms with Crippen molar-refractivity contribution in [3.63, 3.8) is 0 Å². The van der Waals surface area contributed by atoms with Gasteiger partial charge in [0.25, 0.3) is 5.91 Å². The molecule has 6 aliphatic rings. The molecule has 3 fully saturated rings. The van der Waals surface area contributed by atoms with E-state index >= 15 is 0 Å². The van der Waals surface area contributed by atoms with Crippen molar-refractivity contribution >= 4 is 27.7 Å². The molecule has 2 amide bonds. The van der Waals surface area contributed by atoms with Gasteiger partial charge in [-0.3, -0.25) is 19.6 Å². The lowest BCUT2D eigenvalue weighted by Crippen LogP contribution is -2.55. The van der Waals surface area contributed by atoms with E-state index in [4.69, 9.17) is 9.84 Å². The molecule has 41 heavy (non-hydrogen) atoms. The van der Waals surface area contributed by atoms with Crippen LogP contribution in [0.1, 0.15) is 52.5 Å². The maximum Gasteiger partial charge on any atom is 0.256 e. The fourth-order valence-electron chi connectivity index (χ4n) is 7.35. The quantitative estimate of drug-likeness (QED) is 0.423. The minimum absolute atomic E-state index is 0.140. The number of halogens is 1. The Kier molecular flexibility index (Phi) is 5.54. The molecule has 208 valence electrons. The van der Waals surface area contributed by atoms with Gasteiger partial charge in [0, 0.05) is 24.0 Å². The molecule has 3 aliphatic carbocycles. The Morgan fingerprint density at radius 3 is 2.56 bits per heavy atom. The summed E-state index contributed by atoms with van der Waals surface area (Å²) in [6, 6.07) is 12.0. The second-order valence-electron chi connectivity index (χ2n) is 11.7. The summed E-state index contributed by atoms with van der Waals surface area (Å²) in [6.07, 6.45) is 5.87. The molecule has 0 spiro atoms. The van der Waals surface area contributed by atoms with Gasteiger partial charge in [-0.05, 0) is 82.4 Å². The summed E-state index contributed by atoms with van der Waals surface area (Å²) in [5.74, 6) is 1.13. The number of nitrogens with zero attached hydrogens (tertiary/aromatic N) is 6. The third-order valence-electron chi connectivity index (χ3n) is 9.58. The van der Waals surface area contributed by atoms with Gasteiger partial charge in [0.15, 0.2) is 0 Å². The van der Waals surface area contributed by atoms with E-state index in [1.54, 1.807) is 11.0 Å². The van der Waals surface area contributed by atoms with Gasteiger partial charge in [0.2, 0.25) is 11.8 Å². The highest BCUT2D eigenvalue weighted by Crippen LogP contribution is 2.65. The summed E-state index contributed by atoms with van der Waals surface area (Å²) in [5, 5.41) is 6.25. The average Bonchev–Trinajstić information content (AvgIpc) is 3.56. The zero-order valence-corrected chi connectivity index (χ0v) is 24.1. The number of hydrogen-bond donors (Lipinski definition) is 0. The van der Waals surface area contributed by atoms with E-state index in [-0.39, 0.29) is 11.8 Å². The molecule has 0 radical (unpaired) electrons. The van der Waals surface area contributed by atoms with E-state index in [0.29, 0.717) is 66.9 Å². The molecule has 3 aliphatic heterocycles. The number of rotatable bonds is 4. The van der Waals surface area contributed by atoms with Gasteiger partial charge in [0.05, 0.1) is 45.8 Å². The van der Waals surface area contributed by atoms with Crippen LogP contribution in [0.4, 0.5) is 0 Å². The maximum atomic E-state index is 14.2. The van der Waals surface area contributed by atoms with E-state index in [1.807, 2.05) is 15.6 Å². The second kappa shape index (κ2) is 9.11. The summed E-state index contributed by atoms with van der Waals surface area (Å²) in [5.41, 5.74) is 5.20. The van der Waals surface area contributed by atoms with E-state index in [1.165, 1.54) is 30.9 Å². The number of fused-ring (bicyclic) bond motifs is 1. The van der Waals surface area contributed by atoms with E-state index in [2.05, 4.69) is 56.8 Å². The highest BCUT2D eigenvalue weighted by atomic mass is 79.9. The van der Waals surface area contributed by atoms with Gasteiger partial charge < -0.3 is 14.5 Å². The van der Waals surface area contributed by atoms with Crippen molar-refractivity contribution in [3.8, 4) is 11.6 Å². The Bertz CT molecular complexity index is 1750. The first-order chi connectivity index (χ1) is 20.0. The lowest BCUT2D eigenvalue weighted by atomic mass is 9.42. The van der Waals surface area contributed by atoms with Gasteiger partial charge >= 0.3 is 0 Å². The predicted octanol–water partition coefficient (Wildman–Crippen LogP) is 3.04. The van der Waals surface area contributed by atoms with Gasteiger partial charge in [-0.1, -0.05) is 18.7 Å². The normalized spacial score (nSPS) is 25.2. The molecule has 4 heterocycles. The third kappa shape index (κ3) is 3.69. The lowest BCUT2D eigenvalue weighted by molar-refractivity contribution is -0.127. The molecule has 1 aromatic heterocycles. The fraction of sp³-hybridized carbons (Fsp3) is 0.387. The second-order valence-corrected chi connectivity index (χ2v) is 12.6. The van der Waals surface area contributed by atoms with Crippen LogP contribution in [0.15, 0.2) is 63.5 Å². The van der Waals surface area contributed by atoms with Crippen molar-refractivity contribution in [1.82, 2.24) is 19.6 Å². The first-order valence-electron chi connectivity index (χ1n) is 14.2. The maximum absolute atomic E-state index is 14.2. The zero-order chi connectivity index (χ0) is 27.9. The predicted molar refractivity (Wildman–Crippen MR) is 154 cm³/mol. The summed E-state index contributed by atoms with van der Waals surface area (Å²) in [6.45, 7) is 5.49. The summed E-state index contributed by atoms with van der Waals surface area (Å²) >= 11 is 3.53. The van der Waals surface area contributed by atoms with Crippen LogP contribution in [-0.4, -0.2) is 64.3 Å². The Balaban J connectivity index is 1.21. The van der Waals surface area contributed by atoms with Crippen LogP contribution in [0.25, 0.3) is 5.69 Å². The van der Waals surface area contributed by atoms with Crippen LogP contribution in [0.2, 0.25) is 0 Å². The number of hydrogen-bond acceptors (Lipinski definition) is 6. The molecular formula is C31H29BrN6O3. The molecule has 2 aromatic carbocycles. The SMILES string of the molecule is C=CC(=O)N1CCOc2nn(-c3ccc(C45CC(C4)C5)cc3)c3c2C(C1)N(C(=O)c1ccc(Br)c2c1=NCN=2)CC3. The molecule has 10 heteroatoms. The van der Waals surface area contributed by atoms with Crippen LogP contribution in [-0.2, 0) is 16.6 Å². The Labute approximate surface area is 245 Å². The molecule has 1 unspecified atom stereocenters. The van der Waals surface area contributed by atoms with Gasteiger partial charge in [-0.15, -0.1) is 5.10 Å². The first-order valence-corrected chi connectivity index (χ1v) is 15.0. The minimum Gasteiger partial charge on any atom is -0.474 e. The average molecular weight is 614 g/mol. The molecular weight excluding hydrogens is 584 g/mol. The highest BCUT2D eigenvalue weighted by molar-refractivity contribution is 9.10. The van der Waals surface area contributed by atoms with E-state index < -0.39 is 6.04 Å². The van der Waals surface area contributed by atoms with Crippen molar-refractivity contribution in [1.29, 1.82) is 0 Å². The standard InChI is InChI=1S/C31H29BrN6O3/c1-2-25(39)36-11-12-41-29-26-23(38(35-29)20-5-3-19(4-6-20)31-13-18(14-31)15-31)9-10-37(24(26)16-36)30(40)21-7-8-22(32)28-27(21)33-17-34-28/h2-8,18,24H,1,9-17H2. The number of aromatic nitrogens is 2. The number of amides is 2. The van der Waals surface area contributed by atoms with Crippen LogP contribution in [0.3, 0.4) is 0 Å². The molecule has 0 N–H and O–H groups in total. The molecule has 0 saturated heterocycles. The van der Waals surface area contributed by atoms with Crippen LogP contribution in [0, 0.1) is 5.92 Å².